The molecule has 2 aromatic rings. The number of carbonyl (C=O) groups excluding carboxylic acids is 1. The minimum Gasteiger partial charge on any atom is -0.490 e. The SMILES string of the molecule is Cc1cc(C)nc([C@H]2CCN(C(=O)CCOc3ccccc3F)C2)n1. The van der Waals surface area contributed by atoms with Crippen LogP contribution in [0, 0.1) is 19.7 Å². The molecule has 1 atom stereocenters. The maximum Gasteiger partial charge on any atom is 0.226 e. The third-order valence-electron chi connectivity index (χ3n) is 4.32. The summed E-state index contributed by atoms with van der Waals surface area (Å²) in [7, 11) is 0. The van der Waals surface area contributed by atoms with Gasteiger partial charge in [-0.25, -0.2) is 14.4 Å². The maximum absolute atomic E-state index is 13.5. The van der Waals surface area contributed by atoms with E-state index < -0.39 is 5.82 Å². The van der Waals surface area contributed by atoms with Crippen molar-refractivity contribution in [2.75, 3.05) is 19.7 Å². The fourth-order valence-corrected chi connectivity index (χ4v) is 3.10. The second kappa shape index (κ2) is 7.59. The molecule has 0 unspecified atom stereocenters. The molecule has 0 saturated carbocycles. The number of aromatic nitrogens is 2. The Kier molecular flexibility index (Phi) is 5.26. The van der Waals surface area contributed by atoms with Gasteiger partial charge in [0.1, 0.15) is 5.82 Å². The molecular weight excluding hydrogens is 321 g/mol. The van der Waals surface area contributed by atoms with Crippen LogP contribution in [0.25, 0.3) is 0 Å². The maximum atomic E-state index is 13.5. The molecule has 25 heavy (non-hydrogen) atoms. The molecule has 1 aliphatic rings. The third kappa shape index (κ3) is 4.32. The molecule has 0 spiro atoms. The Morgan fingerprint density at radius 2 is 2.00 bits per heavy atom. The summed E-state index contributed by atoms with van der Waals surface area (Å²) in [6.07, 6.45) is 1.09. The number of benzene rings is 1. The number of likely N-dealkylation sites (tertiary alicyclic amines) is 1. The van der Waals surface area contributed by atoms with Crippen molar-refractivity contribution >= 4 is 5.91 Å². The van der Waals surface area contributed by atoms with Gasteiger partial charge in [-0.15, -0.1) is 0 Å². The highest BCUT2D eigenvalue weighted by atomic mass is 19.1. The first-order chi connectivity index (χ1) is 12.0. The molecule has 5 nitrogen and oxygen atoms in total. The first-order valence-corrected chi connectivity index (χ1v) is 8.50. The summed E-state index contributed by atoms with van der Waals surface area (Å²) in [5.41, 5.74) is 1.90. The monoisotopic (exact) mass is 343 g/mol. The lowest BCUT2D eigenvalue weighted by atomic mass is 10.1. The van der Waals surface area contributed by atoms with Gasteiger partial charge >= 0.3 is 0 Å². The number of halogens is 1. The van der Waals surface area contributed by atoms with Gasteiger partial charge in [0.15, 0.2) is 11.6 Å². The summed E-state index contributed by atoms with van der Waals surface area (Å²) in [6, 6.07) is 8.15. The number of nitrogens with zero attached hydrogens (tertiary/aromatic N) is 3. The van der Waals surface area contributed by atoms with E-state index in [1.165, 1.54) is 6.07 Å². The van der Waals surface area contributed by atoms with E-state index >= 15 is 0 Å². The van der Waals surface area contributed by atoms with Gasteiger partial charge in [-0.2, -0.15) is 0 Å². The molecule has 0 radical (unpaired) electrons. The zero-order chi connectivity index (χ0) is 17.8. The van der Waals surface area contributed by atoms with E-state index in [-0.39, 0.29) is 30.6 Å². The summed E-state index contributed by atoms with van der Waals surface area (Å²) in [5, 5.41) is 0. The van der Waals surface area contributed by atoms with E-state index in [9.17, 15) is 9.18 Å². The predicted molar refractivity (Wildman–Crippen MR) is 92.0 cm³/mol. The number of ether oxygens (including phenoxy) is 1. The number of carbonyl (C=O) groups is 1. The van der Waals surface area contributed by atoms with E-state index in [1.807, 2.05) is 24.8 Å². The van der Waals surface area contributed by atoms with Gasteiger partial charge in [0.05, 0.1) is 13.0 Å². The summed E-state index contributed by atoms with van der Waals surface area (Å²) in [4.78, 5) is 23.2. The van der Waals surface area contributed by atoms with Crippen molar-refractivity contribution in [1.82, 2.24) is 14.9 Å². The zero-order valence-electron chi connectivity index (χ0n) is 14.5. The first-order valence-electron chi connectivity index (χ1n) is 8.50. The summed E-state index contributed by atoms with van der Waals surface area (Å²) in [6.45, 7) is 5.40. The number of para-hydroxylation sites is 1. The van der Waals surface area contributed by atoms with Crippen LogP contribution in [0.15, 0.2) is 30.3 Å². The van der Waals surface area contributed by atoms with Crippen molar-refractivity contribution in [1.29, 1.82) is 0 Å². The van der Waals surface area contributed by atoms with Crippen LogP contribution < -0.4 is 4.74 Å². The van der Waals surface area contributed by atoms with Gasteiger partial charge in [-0.05, 0) is 38.5 Å². The van der Waals surface area contributed by atoms with Crippen LogP contribution in [0.4, 0.5) is 4.39 Å². The smallest absolute Gasteiger partial charge is 0.226 e. The molecule has 6 heteroatoms. The highest BCUT2D eigenvalue weighted by Gasteiger charge is 2.29. The summed E-state index contributed by atoms with van der Waals surface area (Å²) in [5.74, 6) is 0.773. The van der Waals surface area contributed by atoms with Crippen LogP contribution in [-0.2, 0) is 4.79 Å². The molecule has 1 aliphatic heterocycles. The Morgan fingerprint density at radius 3 is 2.72 bits per heavy atom. The fourth-order valence-electron chi connectivity index (χ4n) is 3.10. The van der Waals surface area contributed by atoms with Gasteiger partial charge in [-0.1, -0.05) is 12.1 Å². The lowest BCUT2D eigenvalue weighted by Gasteiger charge is -2.17. The second-order valence-corrected chi connectivity index (χ2v) is 6.36. The van der Waals surface area contributed by atoms with E-state index in [0.717, 1.165) is 23.6 Å². The van der Waals surface area contributed by atoms with E-state index in [4.69, 9.17) is 4.74 Å². The Balaban J connectivity index is 1.51. The van der Waals surface area contributed by atoms with Gasteiger partial charge in [-0.3, -0.25) is 4.79 Å². The normalized spacial score (nSPS) is 16.9. The molecule has 2 heterocycles. The van der Waals surface area contributed by atoms with E-state index in [1.54, 1.807) is 18.2 Å². The third-order valence-corrected chi connectivity index (χ3v) is 4.32. The average Bonchev–Trinajstić information content (AvgIpc) is 3.06. The molecule has 132 valence electrons. The van der Waals surface area contributed by atoms with Crippen molar-refractivity contribution in [3.8, 4) is 5.75 Å². The van der Waals surface area contributed by atoms with Crippen molar-refractivity contribution in [2.45, 2.75) is 32.6 Å². The number of hydrogen-bond donors (Lipinski definition) is 0. The standard InChI is InChI=1S/C19H22FN3O2/c1-13-11-14(2)22-19(21-13)15-7-9-23(12-15)18(24)8-10-25-17-6-4-3-5-16(17)20/h3-6,11,15H,7-10,12H2,1-2H3/t15-/m0/s1. The van der Waals surface area contributed by atoms with Gasteiger partial charge in [0.25, 0.3) is 0 Å². The van der Waals surface area contributed by atoms with Gasteiger partial charge < -0.3 is 9.64 Å². The highest BCUT2D eigenvalue weighted by Crippen LogP contribution is 2.25. The molecule has 3 rings (SSSR count). The van der Waals surface area contributed by atoms with Crippen molar-refractivity contribution in [3.05, 3.63) is 53.4 Å². The van der Waals surface area contributed by atoms with Gasteiger partial charge in [0, 0.05) is 30.4 Å². The van der Waals surface area contributed by atoms with Gasteiger partial charge in [0.2, 0.25) is 5.91 Å². The molecule has 0 bridgehead atoms. The van der Waals surface area contributed by atoms with Crippen molar-refractivity contribution in [2.24, 2.45) is 0 Å². The summed E-state index contributed by atoms with van der Waals surface area (Å²) < 4.78 is 18.8. The number of rotatable bonds is 5. The fraction of sp³-hybridized carbons (Fsp3) is 0.421. The number of aryl methyl sites for hydroxylation is 2. The minimum absolute atomic E-state index is 0.0169. The quantitative estimate of drug-likeness (QED) is 0.837. The Morgan fingerprint density at radius 1 is 1.28 bits per heavy atom. The molecule has 1 aromatic carbocycles. The largest absolute Gasteiger partial charge is 0.490 e. The van der Waals surface area contributed by atoms with E-state index in [2.05, 4.69) is 9.97 Å². The molecule has 0 aliphatic carbocycles. The molecule has 1 amide bonds. The van der Waals surface area contributed by atoms with Crippen LogP contribution in [-0.4, -0.2) is 40.5 Å². The van der Waals surface area contributed by atoms with Crippen molar-refractivity contribution < 1.29 is 13.9 Å². The molecule has 1 fully saturated rings. The van der Waals surface area contributed by atoms with Crippen LogP contribution in [0.3, 0.4) is 0 Å². The lowest BCUT2D eigenvalue weighted by Crippen LogP contribution is -2.29. The lowest BCUT2D eigenvalue weighted by molar-refractivity contribution is -0.130. The molecular formula is C19H22FN3O2. The molecule has 1 saturated heterocycles. The Labute approximate surface area is 146 Å². The van der Waals surface area contributed by atoms with Crippen molar-refractivity contribution in [3.63, 3.8) is 0 Å². The average molecular weight is 343 g/mol. The number of amides is 1. The second-order valence-electron chi connectivity index (χ2n) is 6.36. The highest BCUT2D eigenvalue weighted by molar-refractivity contribution is 5.76. The number of hydrogen-bond acceptors (Lipinski definition) is 4. The zero-order valence-corrected chi connectivity index (χ0v) is 14.5. The van der Waals surface area contributed by atoms with Crippen LogP contribution in [0.5, 0.6) is 5.75 Å². The Bertz CT molecular complexity index is 746. The molecule has 0 N–H and O–H groups in total. The minimum atomic E-state index is -0.414. The summed E-state index contributed by atoms with van der Waals surface area (Å²) >= 11 is 0. The topological polar surface area (TPSA) is 55.3 Å². The Hall–Kier alpha value is -2.50. The van der Waals surface area contributed by atoms with E-state index in [0.29, 0.717) is 13.1 Å². The van der Waals surface area contributed by atoms with Crippen LogP contribution >= 0.6 is 0 Å². The predicted octanol–water partition coefficient (Wildman–Crippen LogP) is 3.02. The van der Waals surface area contributed by atoms with Crippen LogP contribution in [0.2, 0.25) is 0 Å². The first kappa shape index (κ1) is 17.3. The molecule has 1 aromatic heterocycles. The van der Waals surface area contributed by atoms with Crippen LogP contribution in [0.1, 0.15) is 36.0 Å².